The van der Waals surface area contributed by atoms with Gasteiger partial charge in [-0.2, -0.15) is 0 Å². The standard InChI is InChI=1S/C13H13Br2NO2/c1-2-18-13(17)16-11-8-6-4-3-5-7(8)9(10(11)14)12(16)15/h3-6,9-12H,2H2,1H3/t9-,10?,11+,12+/m1/s1. The largest absolute Gasteiger partial charge is 0.450 e. The number of fused-ring (bicyclic) bond motifs is 5. The molecule has 1 aromatic rings. The number of hydrogen-bond acceptors (Lipinski definition) is 2. The molecule has 1 aliphatic carbocycles. The van der Waals surface area contributed by atoms with Gasteiger partial charge in [0.15, 0.2) is 0 Å². The van der Waals surface area contributed by atoms with Crippen LogP contribution < -0.4 is 0 Å². The van der Waals surface area contributed by atoms with E-state index < -0.39 is 0 Å². The maximum atomic E-state index is 12.1. The quantitative estimate of drug-likeness (QED) is 0.553. The van der Waals surface area contributed by atoms with E-state index in [-0.39, 0.29) is 27.8 Å². The topological polar surface area (TPSA) is 29.5 Å². The highest BCUT2D eigenvalue weighted by Gasteiger charge is 2.56. The van der Waals surface area contributed by atoms with Gasteiger partial charge < -0.3 is 4.74 Å². The van der Waals surface area contributed by atoms with Gasteiger partial charge in [-0.3, -0.25) is 4.90 Å². The molecule has 0 spiro atoms. The van der Waals surface area contributed by atoms with E-state index in [4.69, 9.17) is 4.74 Å². The molecule has 4 atom stereocenters. The van der Waals surface area contributed by atoms with Crippen LogP contribution in [0.4, 0.5) is 4.79 Å². The smallest absolute Gasteiger partial charge is 0.411 e. The number of hydrogen-bond donors (Lipinski definition) is 0. The van der Waals surface area contributed by atoms with Gasteiger partial charge in [0, 0.05) is 10.7 Å². The molecule has 5 heteroatoms. The number of rotatable bonds is 1. The Morgan fingerprint density at radius 2 is 2.00 bits per heavy atom. The van der Waals surface area contributed by atoms with Crippen molar-refractivity contribution in [3.05, 3.63) is 35.4 Å². The molecule has 1 fully saturated rings. The summed E-state index contributed by atoms with van der Waals surface area (Å²) >= 11 is 7.37. The number of alkyl halides is 2. The third-order valence-electron chi connectivity index (χ3n) is 3.66. The average Bonchev–Trinajstić information content (AvgIpc) is 2.77. The number of ether oxygens (including phenoxy) is 1. The molecule has 1 aliphatic heterocycles. The molecule has 2 aliphatic rings. The van der Waals surface area contributed by atoms with Crippen LogP contribution in [-0.2, 0) is 4.74 Å². The third kappa shape index (κ3) is 1.56. The molecule has 0 N–H and O–H groups in total. The Kier molecular flexibility index (Phi) is 3.14. The lowest BCUT2D eigenvalue weighted by Crippen LogP contribution is -2.38. The van der Waals surface area contributed by atoms with Crippen LogP contribution in [0, 0.1) is 0 Å². The molecule has 0 radical (unpaired) electrons. The van der Waals surface area contributed by atoms with Crippen molar-refractivity contribution >= 4 is 38.0 Å². The van der Waals surface area contributed by atoms with E-state index in [0.717, 1.165) is 0 Å². The van der Waals surface area contributed by atoms with E-state index >= 15 is 0 Å². The van der Waals surface area contributed by atoms with E-state index in [1.807, 2.05) is 19.1 Å². The van der Waals surface area contributed by atoms with Crippen LogP contribution in [-0.4, -0.2) is 27.4 Å². The van der Waals surface area contributed by atoms with Crippen molar-refractivity contribution in [2.45, 2.75) is 28.7 Å². The number of benzene rings is 1. The van der Waals surface area contributed by atoms with E-state index in [2.05, 4.69) is 44.0 Å². The average molecular weight is 375 g/mol. The zero-order valence-electron chi connectivity index (χ0n) is 9.85. The Morgan fingerprint density at radius 1 is 1.33 bits per heavy atom. The Morgan fingerprint density at radius 3 is 2.67 bits per heavy atom. The maximum Gasteiger partial charge on any atom is 0.411 e. The predicted octanol–water partition coefficient (Wildman–Crippen LogP) is 3.78. The second kappa shape index (κ2) is 4.53. The Bertz CT molecular complexity index is 494. The molecule has 3 nitrogen and oxygen atoms in total. The molecule has 1 unspecified atom stereocenters. The molecule has 18 heavy (non-hydrogen) atoms. The van der Waals surface area contributed by atoms with Crippen LogP contribution in [0.25, 0.3) is 0 Å². The monoisotopic (exact) mass is 373 g/mol. The van der Waals surface area contributed by atoms with Crippen LogP contribution in [0.15, 0.2) is 24.3 Å². The Hall–Kier alpha value is -0.550. The van der Waals surface area contributed by atoms with Crippen molar-refractivity contribution in [3.8, 4) is 0 Å². The molecule has 1 heterocycles. The number of amides is 1. The summed E-state index contributed by atoms with van der Waals surface area (Å²) in [4.78, 5) is 14.1. The zero-order valence-corrected chi connectivity index (χ0v) is 13.0. The van der Waals surface area contributed by atoms with Crippen molar-refractivity contribution in [3.63, 3.8) is 0 Å². The number of carbonyl (C=O) groups is 1. The summed E-state index contributed by atoms with van der Waals surface area (Å²) in [7, 11) is 0. The van der Waals surface area contributed by atoms with Crippen LogP contribution in [0.3, 0.4) is 0 Å². The number of carbonyl (C=O) groups excluding carboxylic acids is 1. The number of nitrogens with zero attached hydrogens (tertiary/aromatic N) is 1. The van der Waals surface area contributed by atoms with Gasteiger partial charge in [-0.1, -0.05) is 56.1 Å². The second-order valence-corrected chi connectivity index (χ2v) is 6.52. The zero-order chi connectivity index (χ0) is 12.9. The maximum absolute atomic E-state index is 12.1. The fraction of sp³-hybridized carbons (Fsp3) is 0.462. The van der Waals surface area contributed by atoms with Gasteiger partial charge in [0.2, 0.25) is 0 Å². The van der Waals surface area contributed by atoms with Gasteiger partial charge in [0.25, 0.3) is 0 Å². The van der Waals surface area contributed by atoms with Crippen molar-refractivity contribution < 1.29 is 9.53 Å². The van der Waals surface area contributed by atoms with E-state index in [0.29, 0.717) is 6.61 Å². The highest BCUT2D eigenvalue weighted by Crippen LogP contribution is 2.58. The van der Waals surface area contributed by atoms with Gasteiger partial charge in [-0.25, -0.2) is 4.79 Å². The highest BCUT2D eigenvalue weighted by molar-refractivity contribution is 9.10. The number of halogens is 2. The molecular formula is C13H13Br2NO2. The van der Waals surface area contributed by atoms with Crippen LogP contribution in [0.5, 0.6) is 0 Å². The number of likely N-dealkylation sites (tertiary alicyclic amines) is 1. The highest BCUT2D eigenvalue weighted by atomic mass is 79.9. The molecule has 3 rings (SSSR count). The summed E-state index contributed by atoms with van der Waals surface area (Å²) in [5, 5.41) is 0. The molecule has 0 aromatic heterocycles. The molecule has 0 saturated carbocycles. The summed E-state index contributed by atoms with van der Waals surface area (Å²) in [5.74, 6) is 0.288. The minimum absolute atomic E-state index is 0.000764. The van der Waals surface area contributed by atoms with E-state index in [9.17, 15) is 4.79 Å². The van der Waals surface area contributed by atoms with Crippen molar-refractivity contribution in [2.75, 3.05) is 6.61 Å². The third-order valence-corrected chi connectivity index (χ3v) is 5.74. The van der Waals surface area contributed by atoms with E-state index in [1.54, 1.807) is 4.90 Å². The predicted molar refractivity (Wildman–Crippen MR) is 76.2 cm³/mol. The van der Waals surface area contributed by atoms with Gasteiger partial charge in [0.05, 0.1) is 17.6 Å². The minimum Gasteiger partial charge on any atom is -0.450 e. The van der Waals surface area contributed by atoms with E-state index in [1.165, 1.54) is 11.1 Å². The van der Waals surface area contributed by atoms with Crippen molar-refractivity contribution in [2.24, 2.45) is 0 Å². The fourth-order valence-corrected chi connectivity index (χ4v) is 5.52. The summed E-state index contributed by atoms with van der Waals surface area (Å²) in [5.41, 5.74) is 2.56. The lowest BCUT2D eigenvalue weighted by Gasteiger charge is -2.32. The van der Waals surface area contributed by atoms with Crippen LogP contribution >= 0.6 is 31.9 Å². The van der Waals surface area contributed by atoms with Crippen LogP contribution in [0.1, 0.15) is 30.0 Å². The Balaban J connectivity index is 2.01. The van der Waals surface area contributed by atoms with Gasteiger partial charge in [-0.05, 0) is 18.1 Å². The molecule has 1 saturated heterocycles. The molecule has 1 amide bonds. The van der Waals surface area contributed by atoms with Crippen molar-refractivity contribution in [1.82, 2.24) is 4.90 Å². The summed E-state index contributed by atoms with van der Waals surface area (Å²) in [6.45, 7) is 2.23. The first-order valence-electron chi connectivity index (χ1n) is 5.99. The summed E-state index contributed by atoms with van der Waals surface area (Å²) < 4.78 is 5.15. The molecule has 2 bridgehead atoms. The first-order chi connectivity index (χ1) is 8.66. The molecule has 96 valence electrons. The van der Waals surface area contributed by atoms with Gasteiger partial charge >= 0.3 is 6.09 Å². The minimum atomic E-state index is -0.245. The van der Waals surface area contributed by atoms with Crippen molar-refractivity contribution in [1.29, 1.82) is 0 Å². The second-order valence-electron chi connectivity index (χ2n) is 4.52. The lowest BCUT2D eigenvalue weighted by molar-refractivity contribution is 0.0979. The molecular weight excluding hydrogens is 362 g/mol. The summed E-state index contributed by atoms with van der Waals surface area (Å²) in [6.07, 6.45) is -0.245. The summed E-state index contributed by atoms with van der Waals surface area (Å²) in [6, 6.07) is 8.37. The molecule has 1 aromatic carbocycles. The van der Waals surface area contributed by atoms with Gasteiger partial charge in [-0.15, -0.1) is 0 Å². The first-order valence-corrected chi connectivity index (χ1v) is 7.82. The SMILES string of the molecule is CCOC(=O)N1[C@H](Br)[C@@H]2c3ccccc3[C@H]1C2Br. The first kappa shape index (κ1) is 12.5. The van der Waals surface area contributed by atoms with Crippen LogP contribution in [0.2, 0.25) is 0 Å². The lowest BCUT2D eigenvalue weighted by atomic mass is 9.99. The normalized spacial score (nSPS) is 32.5. The Labute approximate surface area is 123 Å². The fourth-order valence-electron chi connectivity index (χ4n) is 2.97. The van der Waals surface area contributed by atoms with Gasteiger partial charge in [0.1, 0.15) is 0 Å².